The van der Waals surface area contributed by atoms with Crippen molar-refractivity contribution in [2.45, 2.75) is 56.0 Å². The number of fused-ring (bicyclic) bond motifs is 1. The molecule has 38 heavy (non-hydrogen) atoms. The fourth-order valence-electron chi connectivity index (χ4n) is 6.02. The Morgan fingerprint density at radius 3 is 2.68 bits per heavy atom. The van der Waals surface area contributed by atoms with Gasteiger partial charge < -0.3 is 20.1 Å². The van der Waals surface area contributed by atoms with Gasteiger partial charge in [0.25, 0.3) is 0 Å². The summed E-state index contributed by atoms with van der Waals surface area (Å²) in [6, 6.07) is 9.84. The third-order valence-corrected chi connectivity index (χ3v) is 8.62. The number of nitrogens with one attached hydrogen (secondary N) is 1. The van der Waals surface area contributed by atoms with E-state index in [0.29, 0.717) is 56.0 Å². The number of hydrogen-bond acceptors (Lipinski definition) is 5. The Kier molecular flexibility index (Phi) is 7.84. The van der Waals surface area contributed by atoms with Gasteiger partial charge in [0.2, 0.25) is 0 Å². The first-order valence-electron chi connectivity index (χ1n) is 13.1. The lowest BCUT2D eigenvalue weighted by Crippen LogP contribution is -2.53. The minimum atomic E-state index is -1.04. The molecule has 1 atom stereocenters. The van der Waals surface area contributed by atoms with Crippen molar-refractivity contribution >= 4 is 28.5 Å². The Morgan fingerprint density at radius 2 is 1.97 bits per heavy atom. The maximum Gasteiger partial charge on any atom is 0.323 e. The zero-order valence-corrected chi connectivity index (χ0v) is 22.1. The molecule has 1 saturated heterocycles. The monoisotopic (exact) mass is 543 g/mol. The van der Waals surface area contributed by atoms with E-state index in [1.54, 1.807) is 13.3 Å². The van der Waals surface area contributed by atoms with E-state index in [-0.39, 0.29) is 17.5 Å². The topological polar surface area (TPSA) is 74.7 Å². The highest BCUT2D eigenvalue weighted by Gasteiger charge is 2.43. The second-order valence-electron chi connectivity index (χ2n) is 10.4. The van der Waals surface area contributed by atoms with Crippen LogP contribution < -0.4 is 10.1 Å². The molecule has 1 unspecified atom stereocenters. The Labute approximate surface area is 226 Å². The van der Waals surface area contributed by atoms with E-state index in [1.165, 1.54) is 18.2 Å². The van der Waals surface area contributed by atoms with E-state index in [9.17, 15) is 18.7 Å². The van der Waals surface area contributed by atoms with Gasteiger partial charge >= 0.3 is 5.97 Å². The lowest BCUT2D eigenvalue weighted by atomic mass is 9.74. The van der Waals surface area contributed by atoms with Crippen molar-refractivity contribution in [3.05, 3.63) is 70.4 Å². The summed E-state index contributed by atoms with van der Waals surface area (Å²) in [6.07, 6.45) is 5.23. The molecule has 0 radical (unpaired) electrons. The fourth-order valence-corrected chi connectivity index (χ4v) is 6.26. The van der Waals surface area contributed by atoms with E-state index < -0.39 is 23.1 Å². The van der Waals surface area contributed by atoms with Gasteiger partial charge in [-0.15, -0.1) is 0 Å². The average molecular weight is 544 g/mol. The van der Waals surface area contributed by atoms with E-state index in [4.69, 9.17) is 16.3 Å². The summed E-state index contributed by atoms with van der Waals surface area (Å²) in [5.74, 6) is -1.26. The van der Waals surface area contributed by atoms with Crippen LogP contribution in [0.25, 0.3) is 10.9 Å². The predicted molar refractivity (Wildman–Crippen MR) is 143 cm³/mol. The van der Waals surface area contributed by atoms with Gasteiger partial charge in [-0.05, 0) is 86.9 Å². The first-order chi connectivity index (χ1) is 18.3. The Bertz CT molecular complexity index is 1310. The number of halogens is 3. The summed E-state index contributed by atoms with van der Waals surface area (Å²) in [7, 11) is 1.61. The molecule has 2 aliphatic rings. The highest BCUT2D eigenvalue weighted by Crippen LogP contribution is 2.43. The minimum Gasteiger partial charge on any atom is -0.497 e. The van der Waals surface area contributed by atoms with Crippen molar-refractivity contribution in [2.24, 2.45) is 0 Å². The number of methoxy groups -OCH3 is 1. The lowest BCUT2D eigenvalue weighted by molar-refractivity contribution is -0.145. The van der Waals surface area contributed by atoms with Gasteiger partial charge in [0, 0.05) is 36.3 Å². The molecular formula is C29H32ClF2N3O3. The molecule has 1 saturated carbocycles. The highest BCUT2D eigenvalue weighted by atomic mass is 35.5. The molecule has 0 bridgehead atoms. The zero-order valence-electron chi connectivity index (χ0n) is 21.4. The molecular weight excluding hydrogens is 512 g/mol. The Balaban J connectivity index is 1.23. The van der Waals surface area contributed by atoms with Crippen LogP contribution in [0.1, 0.15) is 49.1 Å². The van der Waals surface area contributed by atoms with Crippen LogP contribution >= 0.6 is 11.6 Å². The number of hydrogen-bond donors (Lipinski definition) is 2. The summed E-state index contributed by atoms with van der Waals surface area (Å²) in [4.78, 5) is 19.2. The number of ether oxygens (including phenoxy) is 1. The van der Waals surface area contributed by atoms with Crippen molar-refractivity contribution < 1.29 is 23.4 Å². The zero-order chi connectivity index (χ0) is 26.9. The molecule has 2 aromatic carbocycles. The van der Waals surface area contributed by atoms with Crippen molar-refractivity contribution in [3.63, 3.8) is 0 Å². The molecule has 2 heterocycles. The molecule has 2 fully saturated rings. The van der Waals surface area contributed by atoms with Crippen LogP contribution in [0.15, 0.2) is 42.6 Å². The third-order valence-electron chi connectivity index (χ3n) is 8.29. The van der Waals surface area contributed by atoms with Crippen LogP contribution in [0.5, 0.6) is 5.75 Å². The Morgan fingerprint density at radius 1 is 1.21 bits per heavy atom. The maximum atomic E-state index is 14.2. The number of benzene rings is 2. The largest absolute Gasteiger partial charge is 0.497 e. The molecule has 9 heteroatoms. The van der Waals surface area contributed by atoms with Crippen LogP contribution in [0, 0.1) is 11.6 Å². The summed E-state index contributed by atoms with van der Waals surface area (Å²) < 4.78 is 33.7. The van der Waals surface area contributed by atoms with E-state index in [1.807, 2.05) is 18.2 Å². The van der Waals surface area contributed by atoms with E-state index in [0.717, 1.165) is 29.4 Å². The van der Waals surface area contributed by atoms with Crippen molar-refractivity contribution in [1.29, 1.82) is 0 Å². The molecule has 1 aromatic heterocycles. The molecule has 3 aromatic rings. The van der Waals surface area contributed by atoms with Crippen LogP contribution in [0.4, 0.5) is 8.78 Å². The standard InChI is InChI=1S/C29H32ClF2N3O3/c1-38-20-6-7-26-22(16-20)21(23(30)17-33-26)8-11-34-29(28(36)37)9-3-12-35(13-10-29)19-14-18(15-19)27-24(31)4-2-5-25(27)32/h2,4-7,16-19,34H,3,8-15H2,1H3,(H,36,37). The summed E-state index contributed by atoms with van der Waals surface area (Å²) >= 11 is 6.49. The number of carbonyl (C=O) groups is 1. The van der Waals surface area contributed by atoms with Crippen LogP contribution in [0.2, 0.25) is 5.02 Å². The summed E-state index contributed by atoms with van der Waals surface area (Å²) in [5.41, 5.74) is 0.847. The molecule has 202 valence electrons. The highest BCUT2D eigenvalue weighted by molar-refractivity contribution is 6.32. The van der Waals surface area contributed by atoms with E-state index >= 15 is 0 Å². The summed E-state index contributed by atoms with van der Waals surface area (Å²) in [5, 5.41) is 15.0. The van der Waals surface area contributed by atoms with Gasteiger partial charge in [-0.1, -0.05) is 17.7 Å². The number of nitrogens with zero attached hydrogens (tertiary/aromatic N) is 2. The SMILES string of the molecule is COc1ccc2ncc(Cl)c(CCNC3(C(=O)O)CCCN(C4CC(c5c(F)cccc5F)C4)CC3)c2c1. The number of likely N-dealkylation sites (tertiary alicyclic amines) is 1. The normalized spacial score (nSPS) is 24.1. The lowest BCUT2D eigenvalue weighted by Gasteiger charge is -2.43. The van der Waals surface area contributed by atoms with Gasteiger partial charge in [0.1, 0.15) is 22.9 Å². The molecule has 5 rings (SSSR count). The minimum absolute atomic E-state index is 0.134. The number of aliphatic carboxylic acids is 1. The molecule has 2 N–H and O–H groups in total. The number of aromatic nitrogens is 1. The number of carboxylic acids is 1. The third kappa shape index (κ3) is 5.22. The molecule has 0 amide bonds. The number of rotatable bonds is 8. The van der Waals surface area contributed by atoms with Gasteiger partial charge in [-0.25, -0.2) is 8.78 Å². The van der Waals surface area contributed by atoms with Crippen LogP contribution in [-0.4, -0.2) is 59.3 Å². The fraction of sp³-hybridized carbons (Fsp3) is 0.448. The first kappa shape index (κ1) is 26.8. The smallest absolute Gasteiger partial charge is 0.323 e. The molecule has 1 aliphatic heterocycles. The molecule has 6 nitrogen and oxygen atoms in total. The van der Waals surface area contributed by atoms with Gasteiger partial charge in [-0.2, -0.15) is 0 Å². The number of carboxylic acid groups (broad SMARTS) is 1. The maximum absolute atomic E-state index is 14.2. The molecule has 1 aliphatic carbocycles. The van der Waals surface area contributed by atoms with Crippen LogP contribution in [-0.2, 0) is 11.2 Å². The second-order valence-corrected chi connectivity index (χ2v) is 10.8. The Hall–Kier alpha value is -2.81. The quantitative estimate of drug-likeness (QED) is 0.387. The van der Waals surface area contributed by atoms with Gasteiger partial charge in [0.15, 0.2) is 0 Å². The van der Waals surface area contributed by atoms with Gasteiger partial charge in [0.05, 0.1) is 17.6 Å². The van der Waals surface area contributed by atoms with Crippen LogP contribution in [0.3, 0.4) is 0 Å². The first-order valence-corrected chi connectivity index (χ1v) is 13.5. The summed E-state index contributed by atoms with van der Waals surface area (Å²) in [6.45, 7) is 1.83. The molecule has 0 spiro atoms. The number of pyridine rings is 1. The van der Waals surface area contributed by atoms with Gasteiger partial charge in [-0.3, -0.25) is 9.78 Å². The van der Waals surface area contributed by atoms with Crippen molar-refractivity contribution in [3.8, 4) is 5.75 Å². The van der Waals surface area contributed by atoms with E-state index in [2.05, 4.69) is 15.2 Å². The second kappa shape index (κ2) is 11.1. The van der Waals surface area contributed by atoms with Crippen molar-refractivity contribution in [2.75, 3.05) is 26.7 Å². The van der Waals surface area contributed by atoms with Crippen molar-refractivity contribution in [1.82, 2.24) is 15.2 Å². The average Bonchev–Trinajstić information content (AvgIpc) is 3.09. The predicted octanol–water partition coefficient (Wildman–Crippen LogP) is 5.56.